The number of likely N-dealkylation sites (N-methyl/N-ethyl adjacent to an activating group) is 1. The average Bonchev–Trinajstić information content (AvgIpc) is 3.09. The number of rotatable bonds is 4. The minimum absolute atomic E-state index is 0.207. The van der Waals surface area contributed by atoms with Gasteiger partial charge in [0.1, 0.15) is 17.8 Å². The smallest absolute Gasteiger partial charge is 0.335 e. The first-order valence-corrected chi connectivity index (χ1v) is 9.06. The molecule has 0 aliphatic heterocycles. The van der Waals surface area contributed by atoms with Gasteiger partial charge in [-0.05, 0) is 18.9 Å². The lowest BCUT2D eigenvalue weighted by atomic mass is 10.2. The molecule has 0 radical (unpaired) electrons. The second-order valence-corrected chi connectivity index (χ2v) is 7.59. The average molecular weight is 369 g/mol. The fourth-order valence-electron chi connectivity index (χ4n) is 3.29. The molecular formula is C14H19N5O5S. The van der Waals surface area contributed by atoms with E-state index in [1.807, 2.05) is 4.57 Å². The molecule has 2 aromatic rings. The van der Waals surface area contributed by atoms with Crippen LogP contribution in [-0.2, 0) is 15.1 Å². The number of fused-ring (bicyclic) bond motifs is 1. The molecule has 136 valence electrons. The Morgan fingerprint density at radius 3 is 2.76 bits per heavy atom. The zero-order valence-corrected chi connectivity index (χ0v) is 14.5. The first kappa shape index (κ1) is 17.7. The summed E-state index contributed by atoms with van der Waals surface area (Å²) in [6.07, 6.45) is 2.81. The maximum atomic E-state index is 11.3. The summed E-state index contributed by atoms with van der Waals surface area (Å²) in [5.74, 6) is 0.139. The number of carbonyl (C=O) groups excluding carboxylic acids is 1. The number of aliphatic hydroxyl groups is 1. The molecule has 3 N–H and O–H groups in total. The van der Waals surface area contributed by atoms with Gasteiger partial charge in [0.25, 0.3) is 0 Å². The number of hydrogen-bond acceptors (Lipinski definition) is 6. The first-order valence-electron chi connectivity index (χ1n) is 7.66. The lowest BCUT2D eigenvalue weighted by Crippen LogP contribution is -2.41. The number of aliphatic hydroxyl groups excluding tert-OH is 1. The largest absolute Gasteiger partial charge is 0.391 e. The molecule has 1 saturated carbocycles. The molecule has 25 heavy (non-hydrogen) atoms. The number of aromatic nitrogens is 3. The molecule has 1 amide bonds. The molecule has 1 fully saturated rings. The molecule has 0 aromatic carbocycles. The van der Waals surface area contributed by atoms with Crippen LogP contribution in [-0.4, -0.2) is 62.0 Å². The van der Waals surface area contributed by atoms with Crippen molar-refractivity contribution in [3.63, 3.8) is 0 Å². The quantitative estimate of drug-likeness (QED) is 0.654. The van der Waals surface area contributed by atoms with E-state index in [1.54, 1.807) is 12.3 Å². The van der Waals surface area contributed by atoms with E-state index in [2.05, 4.69) is 15.3 Å². The molecule has 0 saturated heterocycles. The zero-order valence-electron chi connectivity index (χ0n) is 13.7. The summed E-state index contributed by atoms with van der Waals surface area (Å²) in [5, 5.41) is 13.5. The van der Waals surface area contributed by atoms with Crippen LogP contribution in [0.1, 0.15) is 25.8 Å². The molecular weight excluding hydrogens is 350 g/mol. The van der Waals surface area contributed by atoms with E-state index >= 15 is 0 Å². The van der Waals surface area contributed by atoms with Gasteiger partial charge in [0.2, 0.25) is 5.91 Å². The molecule has 2 aromatic heterocycles. The Morgan fingerprint density at radius 1 is 1.40 bits per heavy atom. The van der Waals surface area contributed by atoms with Crippen LogP contribution in [0.5, 0.6) is 0 Å². The van der Waals surface area contributed by atoms with Gasteiger partial charge in [-0.15, -0.1) is 0 Å². The highest BCUT2D eigenvalue weighted by atomic mass is 32.2. The number of carbonyl (C=O) groups is 1. The van der Waals surface area contributed by atoms with Gasteiger partial charge in [-0.2, -0.15) is 12.7 Å². The Balaban J connectivity index is 1.92. The van der Waals surface area contributed by atoms with E-state index in [4.69, 9.17) is 0 Å². The van der Waals surface area contributed by atoms with Crippen molar-refractivity contribution in [1.82, 2.24) is 18.8 Å². The van der Waals surface area contributed by atoms with Crippen LogP contribution in [0.3, 0.4) is 0 Å². The number of hydrogen-bond donors (Lipinski definition) is 3. The van der Waals surface area contributed by atoms with Crippen LogP contribution < -0.4 is 5.32 Å². The Morgan fingerprint density at radius 2 is 2.12 bits per heavy atom. The van der Waals surface area contributed by atoms with E-state index in [1.165, 1.54) is 20.3 Å². The van der Waals surface area contributed by atoms with Crippen molar-refractivity contribution in [3.8, 4) is 0 Å². The maximum absolute atomic E-state index is 11.3. The molecule has 0 unspecified atom stereocenters. The zero-order chi connectivity index (χ0) is 18.4. The number of amides is 1. The Bertz CT molecular complexity index is 911. The molecule has 10 nitrogen and oxygen atoms in total. The van der Waals surface area contributed by atoms with Crippen LogP contribution in [0.15, 0.2) is 18.6 Å². The van der Waals surface area contributed by atoms with Crippen molar-refractivity contribution in [2.45, 2.75) is 38.0 Å². The van der Waals surface area contributed by atoms with Gasteiger partial charge in [0, 0.05) is 26.2 Å². The van der Waals surface area contributed by atoms with E-state index in [-0.39, 0.29) is 11.9 Å². The molecule has 3 atom stereocenters. The molecule has 1 aliphatic carbocycles. The number of nitrogens with zero attached hydrogens (tertiary/aromatic N) is 4. The molecule has 11 heteroatoms. The lowest BCUT2D eigenvalue weighted by Gasteiger charge is -2.23. The Labute approximate surface area is 144 Å². The van der Waals surface area contributed by atoms with Crippen LogP contribution in [0.2, 0.25) is 0 Å². The lowest BCUT2D eigenvalue weighted by molar-refractivity contribution is -0.114. The molecule has 1 aliphatic rings. The topological polar surface area (TPSA) is 138 Å². The highest BCUT2D eigenvalue weighted by Crippen LogP contribution is 2.36. The van der Waals surface area contributed by atoms with Crippen LogP contribution in [0, 0.1) is 0 Å². The van der Waals surface area contributed by atoms with Crippen LogP contribution in [0.25, 0.3) is 11.0 Å². The van der Waals surface area contributed by atoms with E-state index < -0.39 is 22.4 Å². The van der Waals surface area contributed by atoms with Gasteiger partial charge in [-0.1, -0.05) is 0 Å². The van der Waals surface area contributed by atoms with Crippen molar-refractivity contribution in [2.24, 2.45) is 0 Å². The SMILES string of the molecule is CC(=O)Nc1ncnc2c1ccn2[C@H]1C[C@H](O)[C@@H](N(C)S(=O)(=O)O)C1. The minimum atomic E-state index is -4.38. The predicted molar refractivity (Wildman–Crippen MR) is 89.2 cm³/mol. The summed E-state index contributed by atoms with van der Waals surface area (Å²) in [5.41, 5.74) is 0.575. The summed E-state index contributed by atoms with van der Waals surface area (Å²) in [6, 6.07) is 0.822. The molecule has 2 heterocycles. The number of nitrogens with one attached hydrogen (secondary N) is 1. The Kier molecular flexibility index (Phi) is 4.49. The minimum Gasteiger partial charge on any atom is -0.391 e. The van der Waals surface area contributed by atoms with Crippen molar-refractivity contribution in [3.05, 3.63) is 18.6 Å². The van der Waals surface area contributed by atoms with Gasteiger partial charge in [-0.25, -0.2) is 9.97 Å². The summed E-state index contributed by atoms with van der Waals surface area (Å²) in [7, 11) is -3.15. The van der Waals surface area contributed by atoms with Crippen molar-refractivity contribution in [2.75, 3.05) is 12.4 Å². The van der Waals surface area contributed by atoms with Gasteiger partial charge in [-0.3, -0.25) is 9.35 Å². The summed E-state index contributed by atoms with van der Waals surface area (Å²) < 4.78 is 34.4. The molecule has 3 rings (SSSR count). The van der Waals surface area contributed by atoms with Crippen LogP contribution in [0.4, 0.5) is 5.82 Å². The van der Waals surface area contributed by atoms with E-state index in [0.29, 0.717) is 29.7 Å². The number of anilines is 1. The predicted octanol–water partition coefficient (Wildman–Crippen LogP) is 0.189. The van der Waals surface area contributed by atoms with Crippen molar-refractivity contribution >= 4 is 33.1 Å². The third kappa shape index (κ3) is 3.35. The van der Waals surface area contributed by atoms with Crippen molar-refractivity contribution < 1.29 is 22.9 Å². The summed E-state index contributed by atoms with van der Waals surface area (Å²) in [6.45, 7) is 1.38. The van der Waals surface area contributed by atoms with Gasteiger partial charge < -0.3 is 15.0 Å². The van der Waals surface area contributed by atoms with Gasteiger partial charge in [0.15, 0.2) is 0 Å². The highest BCUT2D eigenvalue weighted by molar-refractivity contribution is 7.83. The van der Waals surface area contributed by atoms with Crippen LogP contribution >= 0.6 is 0 Å². The van der Waals surface area contributed by atoms with E-state index in [0.717, 1.165) is 4.31 Å². The maximum Gasteiger partial charge on any atom is 0.335 e. The third-order valence-corrected chi connectivity index (χ3v) is 5.50. The third-order valence-electron chi connectivity index (χ3n) is 4.50. The monoisotopic (exact) mass is 369 g/mol. The highest BCUT2D eigenvalue weighted by Gasteiger charge is 2.40. The summed E-state index contributed by atoms with van der Waals surface area (Å²) >= 11 is 0. The standard InChI is InChI=1S/C14H19N5O5S/c1-8(20)17-13-10-3-4-19(14(10)16-7-15-13)9-5-11(12(21)6-9)18(2)25(22,23)24/h3-4,7,9,11-12,21H,5-6H2,1-2H3,(H,22,23,24)(H,15,16,17,20)/t9-,11+,12+/m1/s1. The van der Waals surface area contributed by atoms with Gasteiger partial charge in [0.05, 0.1) is 17.5 Å². The van der Waals surface area contributed by atoms with Crippen molar-refractivity contribution in [1.29, 1.82) is 0 Å². The fraction of sp³-hybridized carbons (Fsp3) is 0.500. The second-order valence-electron chi connectivity index (χ2n) is 6.12. The fourth-order valence-corrected chi connectivity index (χ4v) is 3.86. The first-order chi connectivity index (χ1) is 11.7. The second kappa shape index (κ2) is 6.33. The van der Waals surface area contributed by atoms with Gasteiger partial charge >= 0.3 is 10.3 Å². The summed E-state index contributed by atoms with van der Waals surface area (Å²) in [4.78, 5) is 19.6. The normalized spacial score (nSPS) is 24.1. The molecule has 0 spiro atoms. The molecule has 0 bridgehead atoms. The van der Waals surface area contributed by atoms with E-state index in [9.17, 15) is 22.9 Å². The Hall–Kier alpha value is -2.08.